The van der Waals surface area contributed by atoms with Gasteiger partial charge in [0.1, 0.15) is 0 Å². The maximum atomic E-state index is 11.4. The molecule has 2 aromatic rings. The van der Waals surface area contributed by atoms with Crippen molar-refractivity contribution in [3.05, 3.63) is 61.6 Å². The normalized spacial score (nSPS) is 17.8. The van der Waals surface area contributed by atoms with Crippen LogP contribution >= 0.6 is 22.6 Å². The standard InChI is InChI=1S/C15H15IN2O/c16-10-3-1-4-11(9-10)17-13-5-2-6-14-12(13)7-8-15(19)18-14/h1,3-4,7-9,13,17H,2,5-6H2,(H,18,19). The van der Waals surface area contributed by atoms with Crippen molar-refractivity contribution in [3.63, 3.8) is 0 Å². The van der Waals surface area contributed by atoms with Gasteiger partial charge >= 0.3 is 0 Å². The maximum Gasteiger partial charge on any atom is 0.248 e. The van der Waals surface area contributed by atoms with Crippen LogP contribution in [0.25, 0.3) is 0 Å². The third-order valence-electron chi connectivity index (χ3n) is 3.50. The van der Waals surface area contributed by atoms with Gasteiger partial charge in [-0.1, -0.05) is 6.07 Å². The summed E-state index contributed by atoms with van der Waals surface area (Å²) in [6.07, 6.45) is 3.18. The van der Waals surface area contributed by atoms with E-state index in [2.05, 4.69) is 57.2 Å². The van der Waals surface area contributed by atoms with Crippen molar-refractivity contribution >= 4 is 28.3 Å². The van der Waals surface area contributed by atoms with Crippen molar-refractivity contribution in [1.82, 2.24) is 4.98 Å². The van der Waals surface area contributed by atoms with Crippen LogP contribution in [0.5, 0.6) is 0 Å². The summed E-state index contributed by atoms with van der Waals surface area (Å²) in [4.78, 5) is 14.3. The quantitative estimate of drug-likeness (QED) is 0.800. The number of aromatic amines is 1. The third kappa shape index (κ3) is 2.83. The molecule has 0 fully saturated rings. The molecule has 1 aliphatic rings. The predicted molar refractivity (Wildman–Crippen MR) is 85.5 cm³/mol. The Morgan fingerprint density at radius 3 is 3.00 bits per heavy atom. The number of fused-ring (bicyclic) bond motifs is 1. The van der Waals surface area contributed by atoms with Crippen LogP contribution in [0.3, 0.4) is 0 Å². The molecule has 4 heteroatoms. The number of halogens is 1. The van der Waals surface area contributed by atoms with Crippen molar-refractivity contribution < 1.29 is 0 Å². The Morgan fingerprint density at radius 1 is 1.26 bits per heavy atom. The lowest BCUT2D eigenvalue weighted by Crippen LogP contribution is -2.21. The monoisotopic (exact) mass is 366 g/mol. The summed E-state index contributed by atoms with van der Waals surface area (Å²) >= 11 is 2.32. The molecule has 0 bridgehead atoms. The lowest BCUT2D eigenvalue weighted by atomic mass is 9.91. The highest BCUT2D eigenvalue weighted by molar-refractivity contribution is 14.1. The lowest BCUT2D eigenvalue weighted by Gasteiger charge is -2.26. The zero-order chi connectivity index (χ0) is 13.2. The molecule has 1 aromatic carbocycles. The second-order valence-corrected chi connectivity index (χ2v) is 6.10. The van der Waals surface area contributed by atoms with Crippen molar-refractivity contribution in [1.29, 1.82) is 0 Å². The van der Waals surface area contributed by atoms with E-state index < -0.39 is 0 Å². The highest BCUT2D eigenvalue weighted by atomic mass is 127. The number of hydrogen-bond acceptors (Lipinski definition) is 2. The van der Waals surface area contributed by atoms with E-state index in [0.717, 1.165) is 30.6 Å². The number of rotatable bonds is 2. The molecular formula is C15H15IN2O. The van der Waals surface area contributed by atoms with Crippen molar-refractivity contribution in [2.45, 2.75) is 25.3 Å². The largest absolute Gasteiger partial charge is 0.378 e. The SMILES string of the molecule is O=c1ccc2c([nH]1)CCCC2Nc1cccc(I)c1. The number of aryl methyl sites for hydroxylation is 1. The average Bonchev–Trinajstić information content (AvgIpc) is 2.38. The molecule has 3 nitrogen and oxygen atoms in total. The summed E-state index contributed by atoms with van der Waals surface area (Å²) in [5.41, 5.74) is 3.44. The molecule has 0 spiro atoms. The van der Waals surface area contributed by atoms with Crippen LogP contribution in [0.2, 0.25) is 0 Å². The molecule has 98 valence electrons. The van der Waals surface area contributed by atoms with E-state index in [9.17, 15) is 4.79 Å². The van der Waals surface area contributed by atoms with Gasteiger partial charge in [0.05, 0.1) is 6.04 Å². The zero-order valence-electron chi connectivity index (χ0n) is 10.4. The van der Waals surface area contributed by atoms with Crippen LogP contribution in [0, 0.1) is 3.57 Å². The summed E-state index contributed by atoms with van der Waals surface area (Å²) < 4.78 is 1.22. The predicted octanol–water partition coefficient (Wildman–Crippen LogP) is 3.47. The lowest BCUT2D eigenvalue weighted by molar-refractivity contribution is 0.587. The fourth-order valence-corrected chi connectivity index (χ4v) is 3.17. The minimum Gasteiger partial charge on any atom is -0.378 e. The smallest absolute Gasteiger partial charge is 0.248 e. The first-order valence-electron chi connectivity index (χ1n) is 6.46. The molecule has 0 saturated carbocycles. The van der Waals surface area contributed by atoms with E-state index >= 15 is 0 Å². The van der Waals surface area contributed by atoms with Gasteiger partial charge in [-0.2, -0.15) is 0 Å². The van der Waals surface area contributed by atoms with Gasteiger partial charge in [-0.05, 0) is 71.7 Å². The van der Waals surface area contributed by atoms with Crippen molar-refractivity contribution in [3.8, 4) is 0 Å². The van der Waals surface area contributed by atoms with Crippen LogP contribution in [-0.2, 0) is 6.42 Å². The fourth-order valence-electron chi connectivity index (χ4n) is 2.63. The molecule has 0 amide bonds. The van der Waals surface area contributed by atoms with E-state index in [1.165, 1.54) is 9.13 Å². The van der Waals surface area contributed by atoms with E-state index in [0.29, 0.717) is 6.04 Å². The van der Waals surface area contributed by atoms with Gasteiger partial charge < -0.3 is 10.3 Å². The van der Waals surface area contributed by atoms with Crippen LogP contribution < -0.4 is 10.9 Å². The van der Waals surface area contributed by atoms with Crippen LogP contribution in [0.1, 0.15) is 30.1 Å². The number of benzene rings is 1. The fraction of sp³-hybridized carbons (Fsp3) is 0.267. The van der Waals surface area contributed by atoms with Crippen LogP contribution in [-0.4, -0.2) is 4.98 Å². The maximum absolute atomic E-state index is 11.4. The molecule has 1 atom stereocenters. The summed E-state index contributed by atoms with van der Waals surface area (Å²) in [6, 6.07) is 12.2. The van der Waals surface area contributed by atoms with Gasteiger partial charge in [-0.25, -0.2) is 0 Å². The minimum atomic E-state index is -0.00587. The first-order valence-corrected chi connectivity index (χ1v) is 7.54. The number of nitrogens with one attached hydrogen (secondary N) is 2. The minimum absolute atomic E-state index is 0.00587. The van der Waals surface area contributed by atoms with Crippen molar-refractivity contribution in [2.75, 3.05) is 5.32 Å². The van der Waals surface area contributed by atoms with E-state index in [-0.39, 0.29) is 5.56 Å². The third-order valence-corrected chi connectivity index (χ3v) is 4.17. The van der Waals surface area contributed by atoms with Gasteiger partial charge in [-0.3, -0.25) is 4.79 Å². The van der Waals surface area contributed by atoms with Gasteiger partial charge in [0.2, 0.25) is 5.56 Å². The highest BCUT2D eigenvalue weighted by Gasteiger charge is 2.20. The molecule has 0 saturated heterocycles. The van der Waals surface area contributed by atoms with Crippen LogP contribution in [0.15, 0.2) is 41.2 Å². The molecule has 2 N–H and O–H groups in total. The zero-order valence-corrected chi connectivity index (χ0v) is 12.6. The Balaban J connectivity index is 1.90. The summed E-state index contributed by atoms with van der Waals surface area (Å²) in [6.45, 7) is 0. The topological polar surface area (TPSA) is 44.9 Å². The first kappa shape index (κ1) is 12.7. The highest BCUT2D eigenvalue weighted by Crippen LogP contribution is 2.31. The van der Waals surface area contributed by atoms with E-state index in [4.69, 9.17) is 0 Å². The van der Waals surface area contributed by atoms with Crippen LogP contribution in [0.4, 0.5) is 5.69 Å². The second kappa shape index (κ2) is 5.36. The number of hydrogen-bond donors (Lipinski definition) is 2. The molecule has 0 radical (unpaired) electrons. The molecule has 19 heavy (non-hydrogen) atoms. The van der Waals surface area contributed by atoms with Gasteiger partial charge in [-0.15, -0.1) is 0 Å². The number of pyridine rings is 1. The first-order chi connectivity index (χ1) is 9.22. The molecule has 1 unspecified atom stereocenters. The Hall–Kier alpha value is -1.30. The van der Waals surface area contributed by atoms with E-state index in [1.807, 2.05) is 6.07 Å². The Kier molecular flexibility index (Phi) is 3.59. The van der Waals surface area contributed by atoms with Gasteiger partial charge in [0, 0.05) is 21.0 Å². The molecule has 1 heterocycles. The van der Waals surface area contributed by atoms with Gasteiger partial charge in [0.15, 0.2) is 0 Å². The van der Waals surface area contributed by atoms with Gasteiger partial charge in [0.25, 0.3) is 0 Å². The number of anilines is 1. The molecule has 1 aromatic heterocycles. The Bertz CT molecular complexity index is 651. The Labute approximate surface area is 125 Å². The Morgan fingerprint density at radius 2 is 2.16 bits per heavy atom. The molecule has 0 aliphatic heterocycles. The molecule has 1 aliphatic carbocycles. The van der Waals surface area contributed by atoms with E-state index in [1.54, 1.807) is 6.07 Å². The molecule has 3 rings (SSSR count). The summed E-state index contributed by atoms with van der Waals surface area (Å²) in [5.74, 6) is 0. The number of aromatic nitrogens is 1. The summed E-state index contributed by atoms with van der Waals surface area (Å²) in [7, 11) is 0. The summed E-state index contributed by atoms with van der Waals surface area (Å²) in [5, 5.41) is 3.57. The van der Waals surface area contributed by atoms with Crippen molar-refractivity contribution in [2.24, 2.45) is 0 Å². The molecular weight excluding hydrogens is 351 g/mol. The number of H-pyrrole nitrogens is 1. The second-order valence-electron chi connectivity index (χ2n) is 4.86. The average molecular weight is 366 g/mol.